The summed E-state index contributed by atoms with van der Waals surface area (Å²) >= 11 is 0. The Morgan fingerprint density at radius 1 is 1.35 bits per heavy atom. The smallest absolute Gasteiger partial charge is 0.254 e. The van der Waals surface area contributed by atoms with Crippen molar-refractivity contribution in [2.45, 2.75) is 13.0 Å². The van der Waals surface area contributed by atoms with Crippen molar-refractivity contribution in [2.75, 3.05) is 12.8 Å². The molecule has 5 nitrogen and oxygen atoms in total. The molecule has 0 fully saturated rings. The largest absolute Gasteiger partial charge is 0.497 e. The molecule has 1 atom stereocenters. The van der Waals surface area contributed by atoms with Gasteiger partial charge in [-0.3, -0.25) is 9.78 Å². The predicted molar refractivity (Wildman–Crippen MR) is 77.5 cm³/mol. The van der Waals surface area contributed by atoms with E-state index in [1.165, 1.54) is 0 Å². The zero-order valence-electron chi connectivity index (χ0n) is 11.5. The average molecular weight is 271 g/mol. The Kier molecular flexibility index (Phi) is 4.20. The van der Waals surface area contributed by atoms with Crippen LogP contribution in [-0.4, -0.2) is 18.0 Å². The van der Waals surface area contributed by atoms with Gasteiger partial charge < -0.3 is 15.8 Å². The number of hydrogen-bond donors (Lipinski definition) is 2. The molecule has 0 radical (unpaired) electrons. The first-order chi connectivity index (χ1) is 9.61. The predicted octanol–water partition coefficient (Wildman–Crippen LogP) is 2.16. The number of nitrogens with zero attached hydrogens (tertiary/aromatic N) is 1. The van der Waals surface area contributed by atoms with Crippen molar-refractivity contribution in [1.29, 1.82) is 0 Å². The third-order valence-electron chi connectivity index (χ3n) is 2.98. The minimum absolute atomic E-state index is 0.200. The molecular weight excluding hydrogens is 254 g/mol. The number of rotatable bonds is 4. The second kappa shape index (κ2) is 6.06. The van der Waals surface area contributed by atoms with Gasteiger partial charge in [0.05, 0.1) is 24.4 Å². The fourth-order valence-electron chi connectivity index (χ4n) is 1.84. The lowest BCUT2D eigenvalue weighted by atomic mass is 10.1. The highest BCUT2D eigenvalue weighted by molar-refractivity contribution is 5.99. The van der Waals surface area contributed by atoms with Crippen molar-refractivity contribution in [3.8, 4) is 5.75 Å². The van der Waals surface area contributed by atoms with Gasteiger partial charge in [0, 0.05) is 11.9 Å². The van der Waals surface area contributed by atoms with Gasteiger partial charge in [0.1, 0.15) is 5.75 Å². The summed E-state index contributed by atoms with van der Waals surface area (Å²) in [5.41, 5.74) is 7.43. The van der Waals surface area contributed by atoms with E-state index in [4.69, 9.17) is 10.5 Å². The number of anilines is 1. The summed E-state index contributed by atoms with van der Waals surface area (Å²) in [5.74, 6) is 0.342. The molecule has 0 aliphatic rings. The van der Waals surface area contributed by atoms with Gasteiger partial charge in [-0.2, -0.15) is 0 Å². The highest BCUT2D eigenvalue weighted by Crippen LogP contribution is 2.20. The van der Waals surface area contributed by atoms with Gasteiger partial charge in [0.15, 0.2) is 0 Å². The number of nitrogens with two attached hydrogens (primary N) is 1. The summed E-state index contributed by atoms with van der Waals surface area (Å²) in [7, 11) is 1.55. The molecule has 0 bridgehead atoms. The molecule has 1 heterocycles. The van der Waals surface area contributed by atoms with E-state index in [9.17, 15) is 4.79 Å². The molecule has 1 amide bonds. The molecule has 2 rings (SSSR count). The van der Waals surface area contributed by atoms with Crippen LogP contribution in [0.2, 0.25) is 0 Å². The maximum Gasteiger partial charge on any atom is 0.254 e. The minimum atomic E-state index is -0.250. The van der Waals surface area contributed by atoms with Crippen LogP contribution >= 0.6 is 0 Å². The fraction of sp³-hybridized carbons (Fsp3) is 0.200. The van der Waals surface area contributed by atoms with E-state index in [1.54, 1.807) is 31.5 Å². The number of benzene rings is 1. The van der Waals surface area contributed by atoms with Gasteiger partial charge in [-0.15, -0.1) is 0 Å². The normalized spacial score (nSPS) is 11.7. The molecule has 1 aromatic heterocycles. The van der Waals surface area contributed by atoms with Crippen molar-refractivity contribution in [3.63, 3.8) is 0 Å². The number of hydrogen-bond acceptors (Lipinski definition) is 4. The Morgan fingerprint density at radius 3 is 2.80 bits per heavy atom. The number of carbonyl (C=O) groups is 1. The zero-order chi connectivity index (χ0) is 14.5. The minimum Gasteiger partial charge on any atom is -0.497 e. The second-order valence-corrected chi connectivity index (χ2v) is 4.40. The van der Waals surface area contributed by atoms with Crippen LogP contribution in [0.3, 0.4) is 0 Å². The van der Waals surface area contributed by atoms with Gasteiger partial charge in [-0.05, 0) is 37.3 Å². The number of aromatic nitrogens is 1. The molecule has 1 unspecified atom stereocenters. The molecule has 0 aliphatic carbocycles. The van der Waals surface area contributed by atoms with Crippen molar-refractivity contribution < 1.29 is 9.53 Å². The summed E-state index contributed by atoms with van der Waals surface area (Å²) in [6.45, 7) is 1.87. The van der Waals surface area contributed by atoms with E-state index in [0.717, 1.165) is 5.69 Å². The molecule has 104 valence electrons. The number of nitrogen functional groups attached to an aromatic ring is 1. The Morgan fingerprint density at radius 2 is 2.15 bits per heavy atom. The Bertz CT molecular complexity index is 599. The Balaban J connectivity index is 2.16. The second-order valence-electron chi connectivity index (χ2n) is 4.40. The summed E-state index contributed by atoms with van der Waals surface area (Å²) in [6, 6.07) is 10.4. The summed E-state index contributed by atoms with van der Waals surface area (Å²) in [6.07, 6.45) is 1.69. The van der Waals surface area contributed by atoms with Crippen LogP contribution in [0.5, 0.6) is 5.75 Å². The lowest BCUT2D eigenvalue weighted by Crippen LogP contribution is -2.27. The van der Waals surface area contributed by atoms with Crippen LogP contribution in [0.15, 0.2) is 42.6 Å². The molecule has 0 saturated carbocycles. The van der Waals surface area contributed by atoms with E-state index >= 15 is 0 Å². The fourth-order valence-corrected chi connectivity index (χ4v) is 1.84. The van der Waals surface area contributed by atoms with Gasteiger partial charge in [0.2, 0.25) is 0 Å². The molecule has 0 saturated heterocycles. The van der Waals surface area contributed by atoms with Gasteiger partial charge in [-0.1, -0.05) is 6.07 Å². The summed E-state index contributed by atoms with van der Waals surface area (Å²) < 4.78 is 5.10. The standard InChI is InChI=1S/C15H17N3O2/c1-10(14-5-3-4-8-17-14)18-15(19)12-9-11(20-2)6-7-13(12)16/h3-10H,16H2,1-2H3,(H,18,19). The Labute approximate surface area is 117 Å². The molecule has 5 heteroatoms. The molecule has 3 N–H and O–H groups in total. The first-order valence-corrected chi connectivity index (χ1v) is 6.27. The van der Waals surface area contributed by atoms with Crippen LogP contribution in [-0.2, 0) is 0 Å². The number of pyridine rings is 1. The third-order valence-corrected chi connectivity index (χ3v) is 2.98. The van der Waals surface area contributed by atoms with Crippen LogP contribution in [0.1, 0.15) is 29.0 Å². The van der Waals surface area contributed by atoms with Crippen molar-refractivity contribution in [3.05, 3.63) is 53.9 Å². The van der Waals surface area contributed by atoms with E-state index in [1.807, 2.05) is 25.1 Å². The molecule has 0 aliphatic heterocycles. The molecular formula is C15H17N3O2. The highest BCUT2D eigenvalue weighted by Gasteiger charge is 2.15. The monoisotopic (exact) mass is 271 g/mol. The topological polar surface area (TPSA) is 77.2 Å². The molecule has 20 heavy (non-hydrogen) atoms. The first-order valence-electron chi connectivity index (χ1n) is 6.27. The van der Waals surface area contributed by atoms with Crippen LogP contribution in [0.4, 0.5) is 5.69 Å². The van der Waals surface area contributed by atoms with Gasteiger partial charge in [0.25, 0.3) is 5.91 Å². The summed E-state index contributed by atoms with van der Waals surface area (Å²) in [5, 5.41) is 2.87. The van der Waals surface area contributed by atoms with Gasteiger partial charge in [-0.25, -0.2) is 0 Å². The van der Waals surface area contributed by atoms with Crippen molar-refractivity contribution in [2.24, 2.45) is 0 Å². The van der Waals surface area contributed by atoms with Crippen LogP contribution in [0.25, 0.3) is 0 Å². The third kappa shape index (κ3) is 3.06. The molecule has 1 aromatic carbocycles. The zero-order valence-corrected chi connectivity index (χ0v) is 11.5. The lowest BCUT2D eigenvalue weighted by Gasteiger charge is -2.14. The SMILES string of the molecule is COc1ccc(N)c(C(=O)NC(C)c2ccccn2)c1. The highest BCUT2D eigenvalue weighted by atomic mass is 16.5. The molecule has 2 aromatic rings. The maximum atomic E-state index is 12.2. The quantitative estimate of drug-likeness (QED) is 0.835. The van der Waals surface area contributed by atoms with E-state index in [0.29, 0.717) is 17.0 Å². The Hall–Kier alpha value is -2.56. The van der Waals surface area contributed by atoms with E-state index in [2.05, 4.69) is 10.3 Å². The van der Waals surface area contributed by atoms with Crippen LogP contribution < -0.4 is 15.8 Å². The van der Waals surface area contributed by atoms with Crippen molar-refractivity contribution >= 4 is 11.6 Å². The first kappa shape index (κ1) is 13.9. The number of carbonyl (C=O) groups excluding carboxylic acids is 1. The summed E-state index contributed by atoms with van der Waals surface area (Å²) in [4.78, 5) is 16.5. The number of methoxy groups -OCH3 is 1. The van der Waals surface area contributed by atoms with Crippen molar-refractivity contribution in [1.82, 2.24) is 10.3 Å². The lowest BCUT2D eigenvalue weighted by molar-refractivity contribution is 0.0939. The number of ether oxygens (including phenoxy) is 1. The number of amides is 1. The van der Waals surface area contributed by atoms with E-state index < -0.39 is 0 Å². The van der Waals surface area contributed by atoms with Crippen LogP contribution in [0, 0.1) is 0 Å². The number of nitrogens with one attached hydrogen (secondary N) is 1. The van der Waals surface area contributed by atoms with E-state index in [-0.39, 0.29) is 11.9 Å². The van der Waals surface area contributed by atoms with Gasteiger partial charge >= 0.3 is 0 Å². The molecule has 0 spiro atoms. The average Bonchev–Trinajstić information content (AvgIpc) is 2.48. The maximum absolute atomic E-state index is 12.2.